The Bertz CT molecular complexity index is 211. The Kier molecular flexibility index (Phi) is 2.87. The van der Waals surface area contributed by atoms with Gasteiger partial charge in [-0.25, -0.2) is 4.79 Å². The van der Waals surface area contributed by atoms with Gasteiger partial charge in [0.05, 0.1) is 0 Å². The molecule has 12 heavy (non-hydrogen) atoms. The van der Waals surface area contributed by atoms with Gasteiger partial charge in [0.2, 0.25) is 0 Å². The SMILES string of the molecule is CCC1C=C(C(=O)O)CCN1C. The van der Waals surface area contributed by atoms with Crippen LogP contribution in [0.5, 0.6) is 0 Å². The second kappa shape index (κ2) is 3.72. The van der Waals surface area contributed by atoms with E-state index in [0.717, 1.165) is 13.0 Å². The number of hydrogen-bond acceptors (Lipinski definition) is 2. The molecule has 0 aromatic carbocycles. The lowest BCUT2D eigenvalue weighted by Gasteiger charge is -2.29. The van der Waals surface area contributed by atoms with Crippen LogP contribution in [0.25, 0.3) is 0 Å². The summed E-state index contributed by atoms with van der Waals surface area (Å²) in [5.74, 6) is -0.762. The summed E-state index contributed by atoms with van der Waals surface area (Å²) in [6.07, 6.45) is 3.52. The number of carbonyl (C=O) groups is 1. The maximum Gasteiger partial charge on any atom is 0.331 e. The minimum Gasteiger partial charge on any atom is -0.478 e. The molecule has 1 N–H and O–H groups in total. The summed E-state index contributed by atoms with van der Waals surface area (Å²) in [7, 11) is 2.03. The van der Waals surface area contributed by atoms with Crippen molar-refractivity contribution in [3.63, 3.8) is 0 Å². The van der Waals surface area contributed by atoms with Crippen LogP contribution in [-0.4, -0.2) is 35.6 Å². The molecule has 0 aliphatic carbocycles. The molecule has 0 bridgehead atoms. The first-order valence-electron chi connectivity index (χ1n) is 4.29. The van der Waals surface area contributed by atoms with Crippen LogP contribution in [-0.2, 0) is 4.79 Å². The van der Waals surface area contributed by atoms with Gasteiger partial charge in [-0.2, -0.15) is 0 Å². The Labute approximate surface area is 72.7 Å². The van der Waals surface area contributed by atoms with E-state index in [4.69, 9.17) is 5.11 Å². The van der Waals surface area contributed by atoms with Crippen molar-refractivity contribution >= 4 is 5.97 Å². The maximum atomic E-state index is 10.6. The van der Waals surface area contributed by atoms with Crippen molar-refractivity contribution in [3.8, 4) is 0 Å². The van der Waals surface area contributed by atoms with E-state index in [1.165, 1.54) is 0 Å². The van der Waals surface area contributed by atoms with E-state index in [1.807, 2.05) is 13.1 Å². The molecule has 0 saturated heterocycles. The summed E-state index contributed by atoms with van der Waals surface area (Å²) in [4.78, 5) is 12.8. The molecule has 0 radical (unpaired) electrons. The van der Waals surface area contributed by atoms with Crippen LogP contribution in [0.4, 0.5) is 0 Å². The molecule has 68 valence electrons. The summed E-state index contributed by atoms with van der Waals surface area (Å²) < 4.78 is 0. The van der Waals surface area contributed by atoms with Crippen molar-refractivity contribution in [2.45, 2.75) is 25.8 Å². The number of nitrogens with zero attached hydrogens (tertiary/aromatic N) is 1. The number of carboxylic acids is 1. The molecule has 3 heteroatoms. The predicted octanol–water partition coefficient (Wildman–Crippen LogP) is 1.11. The van der Waals surface area contributed by atoms with E-state index >= 15 is 0 Å². The summed E-state index contributed by atoms with van der Waals surface area (Å²) in [6.45, 7) is 2.93. The standard InChI is InChI=1S/C9H15NO2/c1-3-8-6-7(9(11)12)4-5-10(8)2/h6,8H,3-5H2,1-2H3,(H,11,12). The molecule has 0 aromatic heterocycles. The van der Waals surface area contributed by atoms with Crippen molar-refractivity contribution in [1.82, 2.24) is 4.90 Å². The van der Waals surface area contributed by atoms with Crippen molar-refractivity contribution in [2.24, 2.45) is 0 Å². The lowest BCUT2D eigenvalue weighted by Crippen LogP contribution is -2.35. The highest BCUT2D eigenvalue weighted by molar-refractivity contribution is 5.86. The zero-order chi connectivity index (χ0) is 9.14. The number of rotatable bonds is 2. The van der Waals surface area contributed by atoms with Crippen LogP contribution in [0.1, 0.15) is 19.8 Å². The molecule has 0 saturated carbocycles. The molecule has 0 amide bonds. The van der Waals surface area contributed by atoms with Gasteiger partial charge >= 0.3 is 5.97 Å². The first kappa shape index (κ1) is 9.26. The average Bonchev–Trinajstić information content (AvgIpc) is 2.05. The van der Waals surface area contributed by atoms with Gasteiger partial charge < -0.3 is 5.11 Å². The molecular formula is C9H15NO2. The lowest BCUT2D eigenvalue weighted by atomic mass is 10.0. The predicted molar refractivity (Wildman–Crippen MR) is 47.0 cm³/mol. The largest absolute Gasteiger partial charge is 0.478 e. The highest BCUT2D eigenvalue weighted by atomic mass is 16.4. The van der Waals surface area contributed by atoms with Crippen LogP contribution in [0, 0.1) is 0 Å². The second-order valence-electron chi connectivity index (χ2n) is 3.20. The van der Waals surface area contributed by atoms with Crippen molar-refractivity contribution in [1.29, 1.82) is 0 Å². The fourth-order valence-corrected chi connectivity index (χ4v) is 1.51. The smallest absolute Gasteiger partial charge is 0.331 e. The molecular weight excluding hydrogens is 154 g/mol. The Balaban J connectivity index is 2.73. The number of hydrogen-bond donors (Lipinski definition) is 1. The molecule has 0 spiro atoms. The Morgan fingerprint density at radius 1 is 1.83 bits per heavy atom. The summed E-state index contributed by atoms with van der Waals surface area (Å²) in [6, 6.07) is 0.310. The van der Waals surface area contributed by atoms with E-state index in [0.29, 0.717) is 18.0 Å². The summed E-state index contributed by atoms with van der Waals surface area (Å²) >= 11 is 0. The molecule has 1 atom stereocenters. The molecule has 0 fully saturated rings. The molecule has 1 aliphatic heterocycles. The van der Waals surface area contributed by atoms with E-state index in [9.17, 15) is 4.79 Å². The lowest BCUT2D eigenvalue weighted by molar-refractivity contribution is -0.133. The fraction of sp³-hybridized carbons (Fsp3) is 0.667. The number of carboxylic acid groups (broad SMARTS) is 1. The molecule has 1 aliphatic rings. The van der Waals surface area contributed by atoms with E-state index in [1.54, 1.807) is 0 Å². The first-order valence-corrected chi connectivity index (χ1v) is 4.29. The summed E-state index contributed by atoms with van der Waals surface area (Å²) in [5.41, 5.74) is 0.569. The van der Waals surface area contributed by atoms with Gasteiger partial charge in [0.1, 0.15) is 0 Å². The fourth-order valence-electron chi connectivity index (χ4n) is 1.51. The van der Waals surface area contributed by atoms with Gasteiger partial charge in [0.15, 0.2) is 0 Å². The number of likely N-dealkylation sites (N-methyl/N-ethyl adjacent to an activating group) is 1. The minimum absolute atomic E-state index is 0.310. The van der Waals surface area contributed by atoms with Crippen LogP contribution < -0.4 is 0 Å². The van der Waals surface area contributed by atoms with Gasteiger partial charge in [-0.15, -0.1) is 0 Å². The third-order valence-electron chi connectivity index (χ3n) is 2.39. The maximum absolute atomic E-state index is 10.6. The minimum atomic E-state index is -0.762. The van der Waals surface area contributed by atoms with Gasteiger partial charge in [-0.3, -0.25) is 4.90 Å². The van der Waals surface area contributed by atoms with Crippen LogP contribution in [0.3, 0.4) is 0 Å². The van der Waals surface area contributed by atoms with E-state index < -0.39 is 5.97 Å². The number of aliphatic carboxylic acids is 1. The van der Waals surface area contributed by atoms with Crippen LogP contribution >= 0.6 is 0 Å². The van der Waals surface area contributed by atoms with Crippen molar-refractivity contribution in [3.05, 3.63) is 11.6 Å². The summed E-state index contributed by atoms with van der Waals surface area (Å²) in [5, 5.41) is 8.75. The van der Waals surface area contributed by atoms with Crippen LogP contribution in [0.15, 0.2) is 11.6 Å². The Hall–Kier alpha value is -0.830. The van der Waals surface area contributed by atoms with Gasteiger partial charge in [-0.1, -0.05) is 13.0 Å². The highest BCUT2D eigenvalue weighted by Gasteiger charge is 2.20. The second-order valence-corrected chi connectivity index (χ2v) is 3.20. The normalized spacial score (nSPS) is 25.2. The van der Waals surface area contributed by atoms with Gasteiger partial charge in [-0.05, 0) is 19.9 Å². The van der Waals surface area contributed by atoms with Crippen molar-refractivity contribution < 1.29 is 9.90 Å². The molecule has 0 aromatic rings. The third kappa shape index (κ3) is 1.85. The zero-order valence-electron chi connectivity index (χ0n) is 7.58. The highest BCUT2D eigenvalue weighted by Crippen LogP contribution is 2.16. The molecule has 1 rings (SSSR count). The van der Waals surface area contributed by atoms with Gasteiger partial charge in [0, 0.05) is 18.2 Å². The average molecular weight is 169 g/mol. The molecule has 1 unspecified atom stereocenters. The van der Waals surface area contributed by atoms with E-state index in [-0.39, 0.29) is 0 Å². The first-order chi connectivity index (χ1) is 5.65. The van der Waals surface area contributed by atoms with Gasteiger partial charge in [0.25, 0.3) is 0 Å². The molecule has 3 nitrogen and oxygen atoms in total. The quantitative estimate of drug-likeness (QED) is 0.673. The van der Waals surface area contributed by atoms with E-state index in [2.05, 4.69) is 11.8 Å². The monoisotopic (exact) mass is 169 g/mol. The topological polar surface area (TPSA) is 40.5 Å². The van der Waals surface area contributed by atoms with Crippen molar-refractivity contribution in [2.75, 3.05) is 13.6 Å². The zero-order valence-corrected chi connectivity index (χ0v) is 7.58. The Morgan fingerprint density at radius 2 is 2.50 bits per heavy atom. The van der Waals surface area contributed by atoms with Crippen LogP contribution in [0.2, 0.25) is 0 Å². The molecule has 1 heterocycles. The third-order valence-corrected chi connectivity index (χ3v) is 2.39. The Morgan fingerprint density at radius 3 is 3.00 bits per heavy atom.